The lowest BCUT2D eigenvalue weighted by atomic mass is 10.0. The Labute approximate surface area is 82.6 Å². The third kappa shape index (κ3) is 1.54. The van der Waals surface area contributed by atoms with E-state index < -0.39 is 0 Å². The maximum atomic E-state index is 6.03. The van der Waals surface area contributed by atoms with Crippen LogP contribution in [0.25, 0.3) is 0 Å². The van der Waals surface area contributed by atoms with E-state index in [0.29, 0.717) is 0 Å². The van der Waals surface area contributed by atoms with Crippen LogP contribution in [0.2, 0.25) is 0 Å². The number of hydrogen-bond acceptors (Lipinski definition) is 3. The van der Waals surface area contributed by atoms with Crippen molar-refractivity contribution >= 4 is 0 Å². The monoisotopic (exact) mass is 188 g/mol. The molecule has 2 heterocycles. The summed E-state index contributed by atoms with van der Waals surface area (Å²) in [5, 5.41) is 0. The van der Waals surface area contributed by atoms with E-state index in [0.717, 1.165) is 17.0 Å². The fourth-order valence-corrected chi connectivity index (χ4v) is 1.45. The topological polar surface area (TPSA) is 52.0 Å². The number of aromatic nitrogens is 1. The minimum atomic E-state index is -0.223. The molecule has 0 aromatic carbocycles. The van der Waals surface area contributed by atoms with E-state index in [-0.39, 0.29) is 6.04 Å². The number of pyridine rings is 1. The Bertz CT molecular complexity index is 409. The van der Waals surface area contributed by atoms with Gasteiger partial charge in [0.2, 0.25) is 0 Å². The highest BCUT2D eigenvalue weighted by atomic mass is 16.3. The van der Waals surface area contributed by atoms with Crippen LogP contribution in [0.5, 0.6) is 0 Å². The van der Waals surface area contributed by atoms with Crippen molar-refractivity contribution in [2.75, 3.05) is 0 Å². The van der Waals surface area contributed by atoms with E-state index in [1.807, 2.05) is 31.2 Å². The fraction of sp³-hybridized carbons (Fsp3) is 0.182. The zero-order chi connectivity index (χ0) is 9.97. The lowest BCUT2D eigenvalue weighted by Gasteiger charge is -2.10. The van der Waals surface area contributed by atoms with Gasteiger partial charge >= 0.3 is 0 Å². The minimum absolute atomic E-state index is 0.223. The molecule has 2 aromatic heterocycles. The summed E-state index contributed by atoms with van der Waals surface area (Å²) in [6, 6.07) is 7.33. The lowest BCUT2D eigenvalue weighted by Crippen LogP contribution is -2.12. The average Bonchev–Trinajstić information content (AvgIpc) is 2.70. The van der Waals surface area contributed by atoms with Crippen LogP contribution in [0, 0.1) is 6.92 Å². The van der Waals surface area contributed by atoms with Gasteiger partial charge in [-0.1, -0.05) is 6.07 Å². The molecule has 1 unspecified atom stereocenters. The van der Waals surface area contributed by atoms with Gasteiger partial charge in [-0.3, -0.25) is 4.98 Å². The van der Waals surface area contributed by atoms with Crippen molar-refractivity contribution < 1.29 is 4.42 Å². The number of hydrogen-bond donors (Lipinski definition) is 1. The minimum Gasteiger partial charge on any atom is -0.467 e. The first-order valence-corrected chi connectivity index (χ1v) is 4.49. The maximum Gasteiger partial charge on any atom is 0.125 e. The smallest absolute Gasteiger partial charge is 0.125 e. The molecule has 1 atom stereocenters. The van der Waals surface area contributed by atoms with E-state index in [1.54, 1.807) is 12.5 Å². The molecule has 0 fully saturated rings. The molecule has 2 N–H and O–H groups in total. The number of aryl methyl sites for hydroxylation is 1. The lowest BCUT2D eigenvalue weighted by molar-refractivity contribution is 0.488. The van der Waals surface area contributed by atoms with Crippen molar-refractivity contribution in [2.45, 2.75) is 13.0 Å². The Kier molecular flexibility index (Phi) is 2.33. The normalized spacial score (nSPS) is 12.7. The van der Waals surface area contributed by atoms with Crippen LogP contribution < -0.4 is 5.73 Å². The van der Waals surface area contributed by atoms with Crippen LogP contribution in [0.1, 0.15) is 23.1 Å². The average molecular weight is 188 g/mol. The van der Waals surface area contributed by atoms with Crippen LogP contribution in [0.15, 0.2) is 41.1 Å². The molecule has 0 saturated heterocycles. The molecular weight excluding hydrogens is 176 g/mol. The molecule has 14 heavy (non-hydrogen) atoms. The van der Waals surface area contributed by atoms with Gasteiger partial charge in [-0.05, 0) is 30.7 Å². The van der Waals surface area contributed by atoms with Gasteiger partial charge in [0.1, 0.15) is 5.76 Å². The molecule has 0 aliphatic heterocycles. The molecule has 0 aliphatic rings. The molecule has 3 nitrogen and oxygen atoms in total. The summed E-state index contributed by atoms with van der Waals surface area (Å²) in [5.74, 6) is 0.765. The molecule has 72 valence electrons. The van der Waals surface area contributed by atoms with Crippen molar-refractivity contribution in [1.82, 2.24) is 4.98 Å². The Morgan fingerprint density at radius 2 is 2.21 bits per heavy atom. The summed E-state index contributed by atoms with van der Waals surface area (Å²) < 4.78 is 5.25. The number of rotatable bonds is 2. The van der Waals surface area contributed by atoms with Gasteiger partial charge in [0.05, 0.1) is 12.3 Å². The van der Waals surface area contributed by atoms with Gasteiger partial charge in [0.25, 0.3) is 0 Å². The number of nitrogens with two attached hydrogens (primary N) is 1. The van der Waals surface area contributed by atoms with Crippen LogP contribution in [0.4, 0.5) is 0 Å². The van der Waals surface area contributed by atoms with E-state index in [1.165, 1.54) is 0 Å². The quantitative estimate of drug-likeness (QED) is 0.784. The number of furan rings is 1. The van der Waals surface area contributed by atoms with Crippen molar-refractivity contribution in [2.24, 2.45) is 5.73 Å². The van der Waals surface area contributed by atoms with Crippen LogP contribution in [0.3, 0.4) is 0 Å². The first-order chi connectivity index (χ1) is 6.79. The zero-order valence-corrected chi connectivity index (χ0v) is 7.97. The summed E-state index contributed by atoms with van der Waals surface area (Å²) in [7, 11) is 0. The SMILES string of the molecule is Cc1ncccc1C(N)c1ccco1. The van der Waals surface area contributed by atoms with Gasteiger partial charge in [0, 0.05) is 11.9 Å². The second-order valence-corrected chi connectivity index (χ2v) is 3.17. The largest absolute Gasteiger partial charge is 0.467 e. The maximum absolute atomic E-state index is 6.03. The van der Waals surface area contributed by atoms with Gasteiger partial charge in [-0.15, -0.1) is 0 Å². The Morgan fingerprint density at radius 3 is 2.86 bits per heavy atom. The van der Waals surface area contributed by atoms with Crippen LogP contribution in [-0.4, -0.2) is 4.98 Å². The number of nitrogens with zero attached hydrogens (tertiary/aromatic N) is 1. The Morgan fingerprint density at radius 1 is 1.36 bits per heavy atom. The van der Waals surface area contributed by atoms with Gasteiger partial charge in [-0.2, -0.15) is 0 Å². The van der Waals surface area contributed by atoms with Crippen molar-refractivity contribution in [1.29, 1.82) is 0 Å². The Balaban J connectivity index is 2.37. The van der Waals surface area contributed by atoms with E-state index >= 15 is 0 Å². The van der Waals surface area contributed by atoms with Gasteiger partial charge in [0.15, 0.2) is 0 Å². The van der Waals surface area contributed by atoms with E-state index in [4.69, 9.17) is 10.2 Å². The summed E-state index contributed by atoms with van der Waals surface area (Å²) in [4.78, 5) is 4.19. The highest BCUT2D eigenvalue weighted by Crippen LogP contribution is 2.21. The Hall–Kier alpha value is -1.61. The summed E-state index contributed by atoms with van der Waals surface area (Å²) in [6.07, 6.45) is 3.38. The second kappa shape index (κ2) is 3.64. The molecule has 0 amide bonds. The van der Waals surface area contributed by atoms with E-state index in [9.17, 15) is 0 Å². The third-order valence-electron chi connectivity index (χ3n) is 2.23. The van der Waals surface area contributed by atoms with Crippen molar-refractivity contribution in [3.05, 3.63) is 53.7 Å². The predicted molar refractivity (Wildman–Crippen MR) is 53.7 cm³/mol. The van der Waals surface area contributed by atoms with Crippen LogP contribution >= 0.6 is 0 Å². The molecule has 0 aliphatic carbocycles. The molecule has 0 spiro atoms. The summed E-state index contributed by atoms with van der Waals surface area (Å²) >= 11 is 0. The predicted octanol–water partition coefficient (Wildman–Crippen LogP) is 2.03. The molecule has 3 heteroatoms. The molecule has 2 rings (SSSR count). The van der Waals surface area contributed by atoms with Gasteiger partial charge in [-0.25, -0.2) is 0 Å². The van der Waals surface area contributed by atoms with Gasteiger partial charge < -0.3 is 10.2 Å². The standard InChI is InChI=1S/C11H12N2O/c1-8-9(4-2-6-13-8)11(12)10-5-3-7-14-10/h2-7,11H,12H2,1H3. The molecule has 0 bridgehead atoms. The highest BCUT2D eigenvalue weighted by molar-refractivity contribution is 5.28. The molecule has 2 aromatic rings. The van der Waals surface area contributed by atoms with Crippen molar-refractivity contribution in [3.8, 4) is 0 Å². The molecule has 0 radical (unpaired) electrons. The summed E-state index contributed by atoms with van der Waals surface area (Å²) in [5.41, 5.74) is 7.97. The third-order valence-corrected chi connectivity index (χ3v) is 2.23. The first kappa shape index (κ1) is 8.97. The summed E-state index contributed by atoms with van der Waals surface area (Å²) in [6.45, 7) is 1.94. The fourth-order valence-electron chi connectivity index (χ4n) is 1.45. The molecular formula is C11H12N2O. The highest BCUT2D eigenvalue weighted by Gasteiger charge is 2.13. The van der Waals surface area contributed by atoms with E-state index in [2.05, 4.69) is 4.98 Å². The van der Waals surface area contributed by atoms with Crippen LogP contribution in [-0.2, 0) is 0 Å². The van der Waals surface area contributed by atoms with Crippen molar-refractivity contribution in [3.63, 3.8) is 0 Å². The molecule has 0 saturated carbocycles. The first-order valence-electron chi connectivity index (χ1n) is 4.49. The zero-order valence-electron chi connectivity index (χ0n) is 7.97. The second-order valence-electron chi connectivity index (χ2n) is 3.17.